The van der Waals surface area contributed by atoms with Gasteiger partial charge in [0, 0.05) is 0 Å². The van der Waals surface area contributed by atoms with Gasteiger partial charge in [0.05, 0.1) is 0 Å². The first-order chi connectivity index (χ1) is 13.5. The average Bonchev–Trinajstić information content (AvgIpc) is 2.64. The van der Waals surface area contributed by atoms with E-state index >= 15 is 0 Å². The first kappa shape index (κ1) is 27.5. The fourth-order valence-corrected chi connectivity index (χ4v) is 4.12. The van der Waals surface area contributed by atoms with Crippen molar-refractivity contribution in [1.82, 2.24) is 13.6 Å². The van der Waals surface area contributed by atoms with Crippen LogP contribution in [0.1, 0.15) is 19.3 Å². The Bertz CT molecular complexity index is 612. The summed E-state index contributed by atoms with van der Waals surface area (Å²) in [6, 6.07) is -3.43. The number of thiol groups is 2. The standard InChI is InChI=1S/C14H24N4O8S2Se/c15-7(13(23)24)1-2-10(19)16-9(6-28)12(22)18(5-11(20)21)29-17-8(3-4-27)14(25)26/h7-9,17,27-28H,1-6,15H2,(H,16,19)(H,20,21)(H,23,24)(H,25,26)/t7?,8-,9?/m0/s1. The van der Waals surface area contributed by atoms with Crippen molar-refractivity contribution in [2.45, 2.75) is 37.4 Å². The van der Waals surface area contributed by atoms with Crippen molar-refractivity contribution in [1.29, 1.82) is 0 Å². The summed E-state index contributed by atoms with van der Waals surface area (Å²) < 4.78 is 3.52. The number of rotatable bonds is 15. The summed E-state index contributed by atoms with van der Waals surface area (Å²) >= 11 is 6.90. The first-order valence-corrected chi connectivity index (χ1v) is 11.1. The van der Waals surface area contributed by atoms with Crippen molar-refractivity contribution in [2.75, 3.05) is 18.1 Å². The van der Waals surface area contributed by atoms with E-state index in [1.54, 1.807) is 0 Å². The van der Waals surface area contributed by atoms with Gasteiger partial charge in [-0.2, -0.15) is 0 Å². The second-order valence-corrected chi connectivity index (χ2v) is 8.28. The number of hydrogen-bond donors (Lipinski definition) is 8. The van der Waals surface area contributed by atoms with Crippen LogP contribution in [0.3, 0.4) is 0 Å². The Morgan fingerprint density at radius 3 is 2.07 bits per heavy atom. The summed E-state index contributed by atoms with van der Waals surface area (Å²) in [6.07, 6.45) is -0.245. The molecule has 0 spiro atoms. The average molecular weight is 519 g/mol. The number of nitrogens with one attached hydrogen (secondary N) is 2. The molecule has 0 radical (unpaired) electrons. The number of carboxylic acid groups (broad SMARTS) is 3. The fraction of sp³-hybridized carbons (Fsp3) is 0.643. The van der Waals surface area contributed by atoms with Crippen LogP contribution >= 0.6 is 25.3 Å². The van der Waals surface area contributed by atoms with Crippen molar-refractivity contribution < 1.29 is 39.3 Å². The van der Waals surface area contributed by atoms with Gasteiger partial charge >= 0.3 is 184 Å². The summed E-state index contributed by atoms with van der Waals surface area (Å²) in [6.45, 7) is -0.705. The number of nitrogens with two attached hydrogens (primary N) is 1. The molecular formula is C14H24N4O8S2Se. The molecule has 29 heavy (non-hydrogen) atoms. The Kier molecular flexibility index (Phi) is 13.7. The molecule has 0 fully saturated rings. The van der Waals surface area contributed by atoms with Gasteiger partial charge in [-0.05, 0) is 0 Å². The van der Waals surface area contributed by atoms with E-state index in [4.69, 9.17) is 21.1 Å². The summed E-state index contributed by atoms with van der Waals surface area (Å²) in [5.74, 6) is -5.06. The second-order valence-electron chi connectivity index (χ2n) is 5.67. The van der Waals surface area contributed by atoms with E-state index in [1.165, 1.54) is 0 Å². The molecule has 0 bridgehead atoms. The van der Waals surface area contributed by atoms with Crippen LogP contribution in [-0.2, 0) is 24.0 Å². The van der Waals surface area contributed by atoms with Crippen LogP contribution in [0.15, 0.2) is 0 Å². The third-order valence-corrected chi connectivity index (χ3v) is 5.91. The molecule has 0 rings (SSSR count). The zero-order chi connectivity index (χ0) is 22.6. The molecule has 166 valence electrons. The molecule has 7 N–H and O–H groups in total. The molecule has 15 heteroatoms. The van der Waals surface area contributed by atoms with Crippen LogP contribution in [0.5, 0.6) is 0 Å². The molecule has 0 aromatic heterocycles. The Morgan fingerprint density at radius 2 is 1.62 bits per heavy atom. The van der Waals surface area contributed by atoms with Crippen LogP contribution in [0, 0.1) is 0 Å². The SMILES string of the molecule is NC(CCC(=O)NC(CS)C(=O)N(CC(=O)O)[Se]N[C@@H](CCS)C(=O)O)C(=O)O. The van der Waals surface area contributed by atoms with E-state index in [1.807, 2.05) is 0 Å². The number of amides is 2. The quantitative estimate of drug-likeness (QED) is 0.0838. The third kappa shape index (κ3) is 11.3. The summed E-state index contributed by atoms with van der Waals surface area (Å²) in [5, 5.41) is 29.2. The molecule has 0 aromatic rings. The predicted octanol–water partition coefficient (Wildman–Crippen LogP) is -2.60. The number of nitrogens with zero attached hydrogens (tertiary/aromatic N) is 1. The molecule has 0 aliphatic rings. The number of aliphatic carboxylic acids is 3. The third-order valence-electron chi connectivity index (χ3n) is 3.36. The molecule has 3 atom stereocenters. The van der Waals surface area contributed by atoms with E-state index < -0.39 is 69.8 Å². The molecule has 2 amide bonds. The number of hydrogen-bond acceptors (Lipinski definition) is 9. The van der Waals surface area contributed by atoms with E-state index in [0.29, 0.717) is 0 Å². The Balaban J connectivity index is 5.03. The zero-order valence-corrected chi connectivity index (χ0v) is 18.7. The molecule has 0 aliphatic heterocycles. The Hall–Kier alpha value is -1.51. The Morgan fingerprint density at radius 1 is 1.00 bits per heavy atom. The minimum atomic E-state index is -1.32. The van der Waals surface area contributed by atoms with Gasteiger partial charge < -0.3 is 0 Å². The summed E-state index contributed by atoms with van der Waals surface area (Å²) in [7, 11) is 0. The van der Waals surface area contributed by atoms with Crippen molar-refractivity contribution >= 4 is 70.4 Å². The van der Waals surface area contributed by atoms with Crippen LogP contribution in [0.2, 0.25) is 0 Å². The minimum absolute atomic E-state index is 0.150. The predicted molar refractivity (Wildman–Crippen MR) is 109 cm³/mol. The fourth-order valence-electron chi connectivity index (χ4n) is 1.80. The molecule has 0 saturated heterocycles. The van der Waals surface area contributed by atoms with Crippen molar-refractivity contribution in [3.8, 4) is 0 Å². The van der Waals surface area contributed by atoms with Crippen molar-refractivity contribution in [3.05, 3.63) is 0 Å². The van der Waals surface area contributed by atoms with Gasteiger partial charge in [0.25, 0.3) is 0 Å². The maximum absolute atomic E-state index is 12.6. The molecule has 0 aliphatic carbocycles. The molecule has 0 saturated carbocycles. The second kappa shape index (κ2) is 14.5. The number of carbonyl (C=O) groups excluding carboxylic acids is 2. The van der Waals surface area contributed by atoms with Gasteiger partial charge in [0.15, 0.2) is 0 Å². The number of carbonyl (C=O) groups is 5. The van der Waals surface area contributed by atoms with Gasteiger partial charge in [-0.25, -0.2) is 0 Å². The molecule has 0 heterocycles. The van der Waals surface area contributed by atoms with Crippen LogP contribution in [-0.4, -0.2) is 101 Å². The summed E-state index contributed by atoms with van der Waals surface area (Å²) in [5.41, 5.74) is 5.31. The van der Waals surface area contributed by atoms with Gasteiger partial charge in [-0.3, -0.25) is 0 Å². The van der Waals surface area contributed by atoms with Crippen molar-refractivity contribution in [3.63, 3.8) is 0 Å². The zero-order valence-electron chi connectivity index (χ0n) is 15.2. The van der Waals surface area contributed by atoms with E-state index in [-0.39, 0.29) is 30.8 Å². The van der Waals surface area contributed by atoms with Crippen LogP contribution in [0.4, 0.5) is 0 Å². The van der Waals surface area contributed by atoms with Gasteiger partial charge in [-0.1, -0.05) is 0 Å². The molecule has 2 unspecified atom stereocenters. The van der Waals surface area contributed by atoms with Gasteiger partial charge in [0.1, 0.15) is 0 Å². The van der Waals surface area contributed by atoms with Crippen molar-refractivity contribution in [2.24, 2.45) is 5.73 Å². The first-order valence-electron chi connectivity index (χ1n) is 8.21. The van der Waals surface area contributed by atoms with Crippen LogP contribution < -0.4 is 15.4 Å². The molecular weight excluding hydrogens is 495 g/mol. The monoisotopic (exact) mass is 520 g/mol. The molecule has 12 nitrogen and oxygen atoms in total. The summed E-state index contributed by atoms with van der Waals surface area (Å²) in [4.78, 5) is 57.5. The van der Waals surface area contributed by atoms with Gasteiger partial charge in [-0.15, -0.1) is 0 Å². The van der Waals surface area contributed by atoms with E-state index in [2.05, 4.69) is 34.9 Å². The molecule has 0 aromatic carbocycles. The topological polar surface area (TPSA) is 199 Å². The van der Waals surface area contributed by atoms with E-state index in [0.717, 1.165) is 3.92 Å². The van der Waals surface area contributed by atoms with Crippen LogP contribution in [0.25, 0.3) is 0 Å². The normalized spacial score (nSPS) is 13.8. The van der Waals surface area contributed by atoms with Gasteiger partial charge in [0.2, 0.25) is 0 Å². The van der Waals surface area contributed by atoms with E-state index in [9.17, 15) is 24.0 Å². The number of carboxylic acids is 3. The maximum atomic E-state index is 12.6. The Labute approximate surface area is 184 Å².